The van der Waals surface area contributed by atoms with Crippen LogP contribution in [-0.2, 0) is 4.74 Å². The Kier molecular flexibility index (Phi) is 6.63. The Morgan fingerprint density at radius 3 is 2.61 bits per heavy atom. The van der Waals surface area contributed by atoms with Crippen molar-refractivity contribution in [2.75, 3.05) is 25.2 Å². The summed E-state index contributed by atoms with van der Waals surface area (Å²) in [7, 11) is 1.70. The van der Waals surface area contributed by atoms with Gasteiger partial charge >= 0.3 is 0 Å². The molecule has 0 spiro atoms. The molecular formula is C29H31NO3. The van der Waals surface area contributed by atoms with Gasteiger partial charge in [-0.25, -0.2) is 0 Å². The third-order valence-corrected chi connectivity index (χ3v) is 6.48. The van der Waals surface area contributed by atoms with Gasteiger partial charge in [-0.2, -0.15) is 0 Å². The number of benzene rings is 2. The molecule has 33 heavy (non-hydrogen) atoms. The van der Waals surface area contributed by atoms with Crippen LogP contribution < -0.4 is 14.4 Å². The van der Waals surface area contributed by atoms with Crippen molar-refractivity contribution >= 4 is 11.3 Å². The van der Waals surface area contributed by atoms with Gasteiger partial charge < -0.3 is 19.1 Å². The number of allylic oxidation sites excluding steroid dienone is 3. The fourth-order valence-corrected chi connectivity index (χ4v) is 4.75. The summed E-state index contributed by atoms with van der Waals surface area (Å²) >= 11 is 0. The van der Waals surface area contributed by atoms with E-state index in [9.17, 15) is 0 Å². The largest absolute Gasteiger partial charge is 0.497 e. The van der Waals surface area contributed by atoms with Crippen LogP contribution in [0.25, 0.3) is 5.57 Å². The minimum absolute atomic E-state index is 0.112. The monoisotopic (exact) mass is 441 g/mol. The van der Waals surface area contributed by atoms with Crippen molar-refractivity contribution in [1.82, 2.24) is 0 Å². The predicted octanol–water partition coefficient (Wildman–Crippen LogP) is 6.52. The molecule has 4 nitrogen and oxygen atoms in total. The maximum Gasteiger partial charge on any atom is 0.126 e. The van der Waals surface area contributed by atoms with Crippen LogP contribution >= 0.6 is 0 Å². The van der Waals surface area contributed by atoms with E-state index in [4.69, 9.17) is 14.2 Å². The lowest BCUT2D eigenvalue weighted by molar-refractivity contribution is 0.0761. The van der Waals surface area contributed by atoms with Crippen molar-refractivity contribution in [3.05, 3.63) is 96.4 Å². The zero-order chi connectivity index (χ0) is 22.5. The molecule has 0 N–H and O–H groups in total. The van der Waals surface area contributed by atoms with Gasteiger partial charge in [0.05, 0.1) is 19.8 Å². The third-order valence-electron chi connectivity index (χ3n) is 6.48. The van der Waals surface area contributed by atoms with Crippen LogP contribution in [0.1, 0.15) is 31.2 Å². The Morgan fingerprint density at radius 1 is 0.909 bits per heavy atom. The normalized spacial score (nSPS) is 24.4. The van der Waals surface area contributed by atoms with Crippen LogP contribution in [-0.4, -0.2) is 26.4 Å². The molecule has 2 atom stereocenters. The highest BCUT2D eigenvalue weighted by Crippen LogP contribution is 2.35. The number of nitrogens with zero attached hydrogens (tertiary/aromatic N) is 1. The molecule has 0 bridgehead atoms. The maximum atomic E-state index is 6.12. The summed E-state index contributed by atoms with van der Waals surface area (Å²) in [5.41, 5.74) is 4.96. The van der Waals surface area contributed by atoms with E-state index in [0.29, 0.717) is 0 Å². The summed E-state index contributed by atoms with van der Waals surface area (Å²) in [5.74, 6) is 2.09. The average molecular weight is 442 g/mol. The fraction of sp³-hybridized carbons (Fsp3) is 0.310. The van der Waals surface area contributed by atoms with Crippen molar-refractivity contribution < 1.29 is 14.2 Å². The second-order valence-electron chi connectivity index (χ2n) is 8.65. The van der Waals surface area contributed by atoms with Gasteiger partial charge in [-0.05, 0) is 67.2 Å². The van der Waals surface area contributed by atoms with Crippen molar-refractivity contribution in [2.24, 2.45) is 5.92 Å². The Labute approximate surface area is 196 Å². The summed E-state index contributed by atoms with van der Waals surface area (Å²) in [4.78, 5) is 2.28. The van der Waals surface area contributed by atoms with E-state index in [-0.39, 0.29) is 12.0 Å². The molecule has 4 heteroatoms. The molecule has 1 aliphatic carbocycles. The van der Waals surface area contributed by atoms with Crippen LogP contribution in [0.4, 0.5) is 5.69 Å². The van der Waals surface area contributed by atoms with Gasteiger partial charge in [-0.3, -0.25) is 0 Å². The minimum atomic E-state index is 0.112. The van der Waals surface area contributed by atoms with E-state index in [2.05, 4.69) is 71.9 Å². The molecule has 2 heterocycles. The SMILES string of the molecule is COc1ccc(N(C=C2CCCOc3ccccc32)C=C2CCCOC3C=CC=CC23)cc1. The maximum absolute atomic E-state index is 6.12. The van der Waals surface area contributed by atoms with Crippen LogP contribution in [0.15, 0.2) is 90.8 Å². The highest BCUT2D eigenvalue weighted by atomic mass is 16.5. The first-order valence-corrected chi connectivity index (χ1v) is 11.8. The van der Waals surface area contributed by atoms with E-state index >= 15 is 0 Å². The summed E-state index contributed by atoms with van der Waals surface area (Å²) < 4.78 is 17.5. The number of para-hydroxylation sites is 1. The Morgan fingerprint density at radius 2 is 1.73 bits per heavy atom. The van der Waals surface area contributed by atoms with Crippen LogP contribution in [0.3, 0.4) is 0 Å². The highest BCUT2D eigenvalue weighted by Gasteiger charge is 2.26. The molecule has 0 aromatic heterocycles. The van der Waals surface area contributed by atoms with E-state index in [1.165, 1.54) is 16.7 Å². The highest BCUT2D eigenvalue weighted by molar-refractivity contribution is 5.74. The van der Waals surface area contributed by atoms with Crippen molar-refractivity contribution in [2.45, 2.75) is 31.8 Å². The number of hydrogen-bond acceptors (Lipinski definition) is 4. The number of anilines is 1. The Hall–Kier alpha value is -3.24. The van der Waals surface area contributed by atoms with Gasteiger partial charge in [0, 0.05) is 36.2 Å². The summed E-state index contributed by atoms with van der Waals surface area (Å²) in [6.07, 6.45) is 17.4. The lowest BCUT2D eigenvalue weighted by atomic mass is 9.88. The van der Waals surface area contributed by atoms with Gasteiger partial charge in [0.2, 0.25) is 0 Å². The standard InChI is InChI=1S/C29H31NO3/c1-31-25-16-14-24(15-17-25)30(20-22-8-6-18-32-28-12-4-2-10-26(22)28)21-23-9-7-19-33-29-13-5-3-11-27(23)29/h2-5,10-17,20-21,26,28H,6-9,18-19H2,1H3. The quantitative estimate of drug-likeness (QED) is 0.540. The van der Waals surface area contributed by atoms with E-state index in [1.807, 2.05) is 18.2 Å². The smallest absolute Gasteiger partial charge is 0.126 e. The summed E-state index contributed by atoms with van der Waals surface area (Å²) in [6.45, 7) is 1.54. The third kappa shape index (κ3) is 4.91. The molecule has 170 valence electrons. The molecule has 3 aliphatic rings. The van der Waals surface area contributed by atoms with Crippen LogP contribution in [0, 0.1) is 5.92 Å². The molecule has 2 aliphatic heterocycles. The fourth-order valence-electron chi connectivity index (χ4n) is 4.75. The van der Waals surface area contributed by atoms with Gasteiger partial charge in [-0.15, -0.1) is 0 Å². The number of rotatable bonds is 4. The summed E-state index contributed by atoms with van der Waals surface area (Å²) in [6, 6.07) is 16.6. The number of hydrogen-bond donors (Lipinski definition) is 0. The van der Waals surface area contributed by atoms with Crippen LogP contribution in [0.2, 0.25) is 0 Å². The minimum Gasteiger partial charge on any atom is -0.497 e. The molecule has 1 fully saturated rings. The molecule has 0 saturated carbocycles. The van der Waals surface area contributed by atoms with Gasteiger partial charge in [0.15, 0.2) is 0 Å². The zero-order valence-electron chi connectivity index (χ0n) is 19.2. The van der Waals surface area contributed by atoms with E-state index in [1.54, 1.807) is 7.11 Å². The molecule has 0 radical (unpaired) electrons. The molecule has 1 saturated heterocycles. The second kappa shape index (κ2) is 10.1. The van der Waals surface area contributed by atoms with Gasteiger partial charge in [0.25, 0.3) is 0 Å². The second-order valence-corrected chi connectivity index (χ2v) is 8.65. The van der Waals surface area contributed by atoms with Crippen LogP contribution in [0.5, 0.6) is 11.5 Å². The van der Waals surface area contributed by atoms with Crippen molar-refractivity contribution in [3.8, 4) is 11.5 Å². The average Bonchev–Trinajstić information content (AvgIpc) is 3.20. The van der Waals surface area contributed by atoms with E-state index < -0.39 is 0 Å². The summed E-state index contributed by atoms with van der Waals surface area (Å²) in [5, 5.41) is 0. The lowest BCUT2D eigenvalue weighted by Crippen LogP contribution is -2.23. The number of fused-ring (bicyclic) bond motifs is 2. The molecule has 0 amide bonds. The van der Waals surface area contributed by atoms with E-state index in [0.717, 1.165) is 56.1 Å². The first-order valence-electron chi connectivity index (χ1n) is 11.8. The number of methoxy groups -OCH3 is 1. The first-order chi connectivity index (χ1) is 16.3. The van der Waals surface area contributed by atoms with Gasteiger partial charge in [-0.1, -0.05) is 42.5 Å². The Bertz CT molecular complexity index is 1080. The zero-order valence-corrected chi connectivity index (χ0v) is 19.2. The number of ether oxygens (including phenoxy) is 3. The molecular weight excluding hydrogens is 410 g/mol. The predicted molar refractivity (Wildman–Crippen MR) is 133 cm³/mol. The Balaban J connectivity index is 1.58. The first kappa shape index (κ1) is 21.6. The van der Waals surface area contributed by atoms with Gasteiger partial charge in [0.1, 0.15) is 11.5 Å². The lowest BCUT2D eigenvalue weighted by Gasteiger charge is -2.26. The molecule has 2 aromatic carbocycles. The van der Waals surface area contributed by atoms with Crippen molar-refractivity contribution in [3.63, 3.8) is 0 Å². The molecule has 2 aromatic rings. The molecule has 5 rings (SSSR count). The topological polar surface area (TPSA) is 30.9 Å². The molecule has 2 unspecified atom stereocenters. The van der Waals surface area contributed by atoms with Crippen molar-refractivity contribution in [1.29, 1.82) is 0 Å².